The summed E-state index contributed by atoms with van der Waals surface area (Å²) >= 11 is 14.5. The number of rotatable bonds is 9. The third-order valence-corrected chi connectivity index (χ3v) is 13.0. The van der Waals surface area contributed by atoms with Crippen molar-refractivity contribution < 1.29 is 19.1 Å². The molecule has 10 nitrogen and oxygen atoms in total. The van der Waals surface area contributed by atoms with Gasteiger partial charge in [-0.3, -0.25) is 14.5 Å². The first-order valence-electron chi connectivity index (χ1n) is 18.9. The first kappa shape index (κ1) is 35.5. The van der Waals surface area contributed by atoms with Gasteiger partial charge < -0.3 is 25.0 Å². The summed E-state index contributed by atoms with van der Waals surface area (Å²) in [5.41, 5.74) is 9.64. The van der Waals surface area contributed by atoms with E-state index in [1.807, 2.05) is 41.3 Å². The predicted molar refractivity (Wildman–Crippen MR) is 209 cm³/mol. The Kier molecular flexibility index (Phi) is 9.08. The Hall–Kier alpha value is -4.22. The second-order valence-electron chi connectivity index (χ2n) is 15.7. The van der Waals surface area contributed by atoms with Gasteiger partial charge in [-0.2, -0.15) is 0 Å². The number of hydrogen-bond acceptors (Lipinski definition) is 8. The molecule has 2 aromatic carbocycles. The Labute approximate surface area is 325 Å². The van der Waals surface area contributed by atoms with Crippen LogP contribution in [0, 0.1) is 5.41 Å². The molecule has 1 spiro atoms. The fraction of sp³-hybridized carbons (Fsp3) is 0.429. The van der Waals surface area contributed by atoms with Gasteiger partial charge in [-0.1, -0.05) is 59.6 Å². The molecule has 0 unspecified atom stereocenters. The average molecular weight is 768 g/mol. The van der Waals surface area contributed by atoms with Crippen LogP contribution in [0.15, 0.2) is 48.5 Å². The molecule has 3 aliphatic heterocycles. The van der Waals surface area contributed by atoms with Gasteiger partial charge in [-0.05, 0) is 55.4 Å². The molecule has 4 aromatic rings. The molecule has 12 heteroatoms. The Morgan fingerprint density at radius 2 is 1.41 bits per heavy atom. The normalized spacial score (nSPS) is 22.4. The van der Waals surface area contributed by atoms with E-state index in [2.05, 4.69) is 27.7 Å². The minimum Gasteiger partial charge on any atom is -0.481 e. The second kappa shape index (κ2) is 13.8. The van der Waals surface area contributed by atoms with Crippen LogP contribution < -0.4 is 20.1 Å². The van der Waals surface area contributed by atoms with Gasteiger partial charge >= 0.3 is 0 Å². The summed E-state index contributed by atoms with van der Waals surface area (Å²) in [5.74, 6) is 1.51. The third kappa shape index (κ3) is 6.02. The lowest BCUT2D eigenvalue weighted by atomic mass is 9.72. The minimum atomic E-state index is 0.102. The molecule has 2 amide bonds. The summed E-state index contributed by atoms with van der Waals surface area (Å²) in [6, 6.07) is 16.7. The van der Waals surface area contributed by atoms with Crippen LogP contribution in [0.5, 0.6) is 11.8 Å². The van der Waals surface area contributed by atoms with Gasteiger partial charge in [-0.15, -0.1) is 0 Å². The van der Waals surface area contributed by atoms with E-state index < -0.39 is 0 Å². The number of amides is 2. The topological polar surface area (TPSA) is 109 Å². The number of fused-ring (bicyclic) bond motifs is 2. The molecule has 0 saturated carbocycles. The number of likely N-dealkylation sites (tertiary alicyclic amines) is 2. The summed E-state index contributed by atoms with van der Waals surface area (Å²) in [6.45, 7) is 6.06. The van der Waals surface area contributed by atoms with Crippen molar-refractivity contribution in [2.75, 3.05) is 46.9 Å². The van der Waals surface area contributed by atoms with E-state index in [0.29, 0.717) is 34.8 Å². The van der Waals surface area contributed by atoms with Crippen LogP contribution in [0.25, 0.3) is 33.6 Å². The molecule has 3 saturated heterocycles. The van der Waals surface area contributed by atoms with Gasteiger partial charge in [0.15, 0.2) is 0 Å². The van der Waals surface area contributed by atoms with Crippen molar-refractivity contribution >= 4 is 35.0 Å². The highest BCUT2D eigenvalue weighted by atomic mass is 35.5. The number of pyridine rings is 2. The molecule has 5 aliphatic rings. The van der Waals surface area contributed by atoms with E-state index in [-0.39, 0.29) is 35.4 Å². The van der Waals surface area contributed by atoms with Crippen molar-refractivity contribution in [3.05, 3.63) is 80.8 Å². The Bertz CT molecular complexity index is 2180. The van der Waals surface area contributed by atoms with E-state index in [1.54, 1.807) is 21.1 Å². The zero-order valence-electron chi connectivity index (χ0n) is 30.8. The number of carbonyl (C=O) groups excluding carboxylic acids is 2. The van der Waals surface area contributed by atoms with Crippen LogP contribution in [-0.4, -0.2) is 84.6 Å². The molecule has 9 rings (SSSR count). The van der Waals surface area contributed by atoms with Crippen molar-refractivity contribution in [1.82, 2.24) is 30.4 Å². The first-order chi connectivity index (χ1) is 26.1. The minimum absolute atomic E-state index is 0.102. The monoisotopic (exact) mass is 766 g/mol. The number of methoxy groups -OCH3 is 2. The van der Waals surface area contributed by atoms with Crippen molar-refractivity contribution in [3.63, 3.8) is 0 Å². The molecular weight excluding hydrogens is 723 g/mol. The van der Waals surface area contributed by atoms with Crippen LogP contribution in [0.1, 0.15) is 66.9 Å². The van der Waals surface area contributed by atoms with Crippen LogP contribution in [0.2, 0.25) is 10.0 Å². The summed E-state index contributed by atoms with van der Waals surface area (Å²) in [5, 5.41) is 7.81. The van der Waals surface area contributed by atoms with E-state index in [0.717, 1.165) is 97.5 Å². The molecule has 3 fully saturated rings. The van der Waals surface area contributed by atoms with Crippen molar-refractivity contribution in [3.8, 4) is 45.4 Å². The van der Waals surface area contributed by atoms with Gasteiger partial charge in [0, 0.05) is 103 Å². The molecule has 54 heavy (non-hydrogen) atoms. The van der Waals surface area contributed by atoms with Crippen molar-refractivity contribution in [1.29, 1.82) is 0 Å². The van der Waals surface area contributed by atoms with E-state index in [1.165, 1.54) is 16.7 Å². The quantitative estimate of drug-likeness (QED) is 0.192. The maximum atomic E-state index is 11.8. The molecule has 2 aliphatic carbocycles. The highest BCUT2D eigenvalue weighted by Crippen LogP contribution is 2.51. The number of ether oxygens (including phenoxy) is 2. The van der Waals surface area contributed by atoms with Gasteiger partial charge in [0.1, 0.15) is 0 Å². The number of hydrogen-bond donors (Lipinski definition) is 2. The molecule has 0 bridgehead atoms. The number of nitrogens with one attached hydrogen (secondary N) is 2. The smallest absolute Gasteiger partial charge is 0.220 e. The van der Waals surface area contributed by atoms with E-state index >= 15 is 0 Å². The Balaban J connectivity index is 0.980. The van der Waals surface area contributed by atoms with Crippen LogP contribution in [-0.2, 0) is 22.4 Å². The highest BCUT2D eigenvalue weighted by molar-refractivity contribution is 6.39. The summed E-state index contributed by atoms with van der Waals surface area (Å²) in [6.07, 6.45) is 5.20. The molecule has 2 N–H and O–H groups in total. The lowest BCUT2D eigenvalue weighted by molar-refractivity contribution is -0.161. The standard InChI is InChI=1S/C42H44Cl2N6O4/c1-23(51)49-19-42(20-49)21-50(22-42)34-14-11-25-17-33(48-41(54-3)37(25)34)30-9-5-7-28(39(30)44)27-6-4-8-29(38(27)43)32-16-24-10-13-31(36(24)40(47-32)53-2)45-18-26-12-15-35(52)46-26/h4-9,16-17,26,31,34,45H,10-15,18-22H2,1-3H3,(H,46,52)/t26-,31-,34+/m0/s1. The molecule has 280 valence electrons. The van der Waals surface area contributed by atoms with Gasteiger partial charge in [0.05, 0.1) is 35.7 Å². The van der Waals surface area contributed by atoms with Crippen molar-refractivity contribution in [2.45, 2.75) is 63.6 Å². The SMILES string of the molecule is COc1nc(-c2cccc(-c3cccc(-c4cc5c(c(OC)n4)[C@H](N4CC6(CN(C(C)=O)C6)C4)CC5)c3Cl)c2Cl)cc2c1[C@@H](NC[C@@H]1CCC(=O)N1)CC2. The predicted octanol–water partition coefficient (Wildman–Crippen LogP) is 6.81. The number of aryl methyl sites for hydroxylation is 2. The van der Waals surface area contributed by atoms with Gasteiger partial charge in [0.25, 0.3) is 0 Å². The largest absolute Gasteiger partial charge is 0.481 e. The number of carbonyl (C=O) groups is 2. The molecule has 2 aromatic heterocycles. The Morgan fingerprint density at radius 3 is 1.98 bits per heavy atom. The lowest BCUT2D eigenvalue weighted by Crippen LogP contribution is -2.72. The van der Waals surface area contributed by atoms with Crippen molar-refractivity contribution in [2.24, 2.45) is 5.41 Å². The number of nitrogens with zero attached hydrogens (tertiary/aromatic N) is 4. The maximum Gasteiger partial charge on any atom is 0.220 e. The zero-order chi connectivity index (χ0) is 37.3. The van der Waals surface area contributed by atoms with E-state index in [4.69, 9.17) is 42.6 Å². The van der Waals surface area contributed by atoms with Crippen LogP contribution >= 0.6 is 23.2 Å². The van der Waals surface area contributed by atoms with Crippen LogP contribution in [0.4, 0.5) is 0 Å². The molecular formula is C42H44Cl2N6O4. The van der Waals surface area contributed by atoms with Gasteiger partial charge in [0.2, 0.25) is 23.6 Å². The number of aromatic nitrogens is 2. The highest BCUT2D eigenvalue weighted by Gasteiger charge is 2.55. The van der Waals surface area contributed by atoms with Gasteiger partial charge in [-0.25, -0.2) is 9.97 Å². The van der Waals surface area contributed by atoms with Crippen LogP contribution in [0.3, 0.4) is 0 Å². The Morgan fingerprint density at radius 1 is 0.833 bits per heavy atom. The lowest BCUT2D eigenvalue weighted by Gasteiger charge is -2.61. The number of benzene rings is 2. The fourth-order valence-electron chi connectivity index (χ4n) is 9.56. The zero-order valence-corrected chi connectivity index (χ0v) is 32.3. The summed E-state index contributed by atoms with van der Waals surface area (Å²) < 4.78 is 11.8. The molecule has 5 heterocycles. The number of halogens is 2. The second-order valence-corrected chi connectivity index (χ2v) is 16.4. The first-order valence-corrected chi connectivity index (χ1v) is 19.7. The van der Waals surface area contributed by atoms with E-state index in [9.17, 15) is 9.59 Å². The summed E-state index contributed by atoms with van der Waals surface area (Å²) in [4.78, 5) is 38.0. The average Bonchev–Trinajstić information content (AvgIpc) is 3.87. The molecule has 0 radical (unpaired) electrons. The maximum absolute atomic E-state index is 11.8. The fourth-order valence-corrected chi connectivity index (χ4v) is 10.2. The summed E-state index contributed by atoms with van der Waals surface area (Å²) in [7, 11) is 3.35. The third-order valence-electron chi connectivity index (χ3n) is 12.2. The molecule has 3 atom stereocenters.